The summed E-state index contributed by atoms with van der Waals surface area (Å²) in [5, 5.41) is 6.88. The number of anilines is 1. The van der Waals surface area contributed by atoms with Crippen molar-refractivity contribution in [1.82, 2.24) is 25.5 Å². The van der Waals surface area contributed by atoms with Crippen molar-refractivity contribution in [1.29, 1.82) is 0 Å². The van der Waals surface area contributed by atoms with Gasteiger partial charge >= 0.3 is 0 Å². The van der Waals surface area contributed by atoms with Gasteiger partial charge in [0.25, 0.3) is 0 Å². The molecule has 0 spiro atoms. The highest BCUT2D eigenvalue weighted by molar-refractivity contribution is 7.13. The number of rotatable bonds is 20. The molecule has 0 aliphatic carbocycles. The minimum absolute atomic E-state index is 0.202. The fourth-order valence-electron chi connectivity index (χ4n) is 7.09. The Morgan fingerprint density at radius 1 is 0.869 bits per heavy atom. The fourth-order valence-corrected chi connectivity index (χ4v) is 7.90. The first-order valence-electron chi connectivity index (χ1n) is 20.8. The summed E-state index contributed by atoms with van der Waals surface area (Å²) in [5.41, 5.74) is 8.31. The Balaban J connectivity index is 0.838. The van der Waals surface area contributed by atoms with E-state index < -0.39 is 23.4 Å². The first-order chi connectivity index (χ1) is 29.4. The number of pyridine rings is 1. The third-order valence-electron chi connectivity index (χ3n) is 10.5. The Kier molecular flexibility index (Phi) is 15.8. The van der Waals surface area contributed by atoms with E-state index in [1.165, 1.54) is 0 Å². The highest BCUT2D eigenvalue weighted by Crippen LogP contribution is 2.29. The van der Waals surface area contributed by atoms with Crippen molar-refractivity contribution in [2.75, 3.05) is 71.8 Å². The van der Waals surface area contributed by atoms with Crippen LogP contribution in [0.15, 0.2) is 84.4 Å². The molecule has 2 aromatic heterocycles. The van der Waals surface area contributed by atoms with Gasteiger partial charge in [-0.1, -0.05) is 63.2 Å². The lowest BCUT2D eigenvalue weighted by Gasteiger charge is -2.35. The maximum Gasteiger partial charge on any atom is 0.246 e. The number of likely N-dealkylation sites (tertiary alicyclic amines) is 1. The Morgan fingerprint density at radius 3 is 2.23 bits per heavy atom. The maximum absolute atomic E-state index is 13.9. The molecule has 2 atom stereocenters. The highest BCUT2D eigenvalue weighted by atomic mass is 32.1. The molecule has 0 saturated carbocycles. The van der Waals surface area contributed by atoms with Crippen LogP contribution in [0.5, 0.6) is 5.75 Å². The van der Waals surface area contributed by atoms with Gasteiger partial charge in [0.15, 0.2) is 0 Å². The van der Waals surface area contributed by atoms with Crippen LogP contribution in [0, 0.1) is 12.3 Å². The molecule has 3 heterocycles. The molecule has 324 valence electrons. The van der Waals surface area contributed by atoms with Gasteiger partial charge in [-0.05, 0) is 72.7 Å². The third kappa shape index (κ3) is 12.6. The second-order valence-corrected chi connectivity index (χ2v) is 17.2. The van der Waals surface area contributed by atoms with Crippen LogP contribution in [0.1, 0.15) is 44.9 Å². The number of hydrogen-bond acceptors (Lipinski definition) is 11. The van der Waals surface area contributed by atoms with E-state index in [9.17, 15) is 14.4 Å². The first-order valence-corrected chi connectivity index (χ1v) is 21.7. The van der Waals surface area contributed by atoms with Gasteiger partial charge in [-0.15, -0.1) is 11.3 Å². The molecular weight excluding hydrogens is 793 g/mol. The number of nitrogens with one attached hydrogen (secondary N) is 2. The molecular formula is C47H58N6O7S. The van der Waals surface area contributed by atoms with Gasteiger partial charge in [0.2, 0.25) is 17.7 Å². The smallest absolute Gasteiger partial charge is 0.246 e. The summed E-state index contributed by atoms with van der Waals surface area (Å²) >= 11 is 1.60. The van der Waals surface area contributed by atoms with E-state index in [0.717, 1.165) is 55.3 Å². The van der Waals surface area contributed by atoms with Crippen molar-refractivity contribution in [2.24, 2.45) is 5.41 Å². The Bertz CT molecular complexity index is 2220. The number of aromatic nitrogens is 2. The van der Waals surface area contributed by atoms with Gasteiger partial charge in [-0.25, -0.2) is 9.97 Å². The predicted molar refractivity (Wildman–Crippen MR) is 240 cm³/mol. The average Bonchev–Trinajstić information content (AvgIpc) is 3.93. The summed E-state index contributed by atoms with van der Waals surface area (Å²) in [6.45, 7) is 10.3. The standard InChI is InChI=1S/C47H58N6O7S/c1-32-43(61-31-49-32)35-11-9-33(10-12-35)29-48-45(55)41-8-7-21-53(41)46(56)44(47(2,3)4)51-42(54)30-59-25-24-57-22-23-58-26-27-60-38-18-20-40-36(28-38)15-19-39(50-40)34-13-16-37(17-14-34)52(5)6/h9-20,28,31,41,44H,7-8,21-27,29-30H2,1-6H3,(H,48,55)(H,51,54)/t41-,44?/m0/s1. The SMILES string of the molecule is Cc1ncsc1-c1ccc(CNC(=O)[C@@H]2CCCN2C(=O)C(NC(=O)COCCOCCOCCOc2ccc3nc(-c4ccc(N(C)C)cc4)ccc3c2)C(C)(C)C)cc1. The second kappa shape index (κ2) is 21.4. The molecule has 3 amide bonds. The van der Waals surface area contributed by atoms with Crippen molar-refractivity contribution in [3.8, 4) is 27.4 Å². The molecule has 3 aromatic carbocycles. The molecule has 1 saturated heterocycles. The summed E-state index contributed by atoms with van der Waals surface area (Å²) in [7, 11) is 4.05. The monoisotopic (exact) mass is 850 g/mol. The number of benzene rings is 3. The summed E-state index contributed by atoms with van der Waals surface area (Å²) in [6.07, 6.45) is 1.27. The lowest BCUT2D eigenvalue weighted by Crippen LogP contribution is -2.58. The van der Waals surface area contributed by atoms with Gasteiger partial charge in [0, 0.05) is 43.8 Å². The average molecular weight is 851 g/mol. The quantitative estimate of drug-likeness (QED) is 0.0816. The number of thiazole rings is 1. The number of fused-ring (bicyclic) bond motifs is 1. The molecule has 1 aliphatic rings. The number of carbonyl (C=O) groups excluding carboxylic acids is 3. The molecule has 0 bridgehead atoms. The van der Waals surface area contributed by atoms with E-state index in [1.807, 2.05) is 95.8 Å². The lowest BCUT2D eigenvalue weighted by atomic mass is 9.85. The Hall–Kier alpha value is -5.41. The predicted octanol–water partition coefficient (Wildman–Crippen LogP) is 6.67. The molecule has 1 aliphatic heterocycles. The van der Waals surface area contributed by atoms with E-state index in [1.54, 1.807) is 16.2 Å². The van der Waals surface area contributed by atoms with Crippen molar-refractivity contribution >= 4 is 45.6 Å². The maximum atomic E-state index is 13.9. The van der Waals surface area contributed by atoms with Gasteiger partial charge < -0.3 is 39.4 Å². The van der Waals surface area contributed by atoms with Crippen LogP contribution < -0.4 is 20.3 Å². The fraction of sp³-hybridized carbons (Fsp3) is 0.426. The first kappa shape index (κ1) is 45.1. The topological polar surface area (TPSA) is 144 Å². The molecule has 61 heavy (non-hydrogen) atoms. The summed E-state index contributed by atoms with van der Waals surface area (Å²) in [5.74, 6) is -0.142. The summed E-state index contributed by atoms with van der Waals surface area (Å²) in [4.78, 5) is 54.1. The number of amides is 3. The number of aryl methyl sites for hydroxylation is 1. The Labute approximate surface area is 362 Å². The van der Waals surface area contributed by atoms with E-state index in [4.69, 9.17) is 23.9 Å². The summed E-state index contributed by atoms with van der Waals surface area (Å²) in [6, 6.07) is 24.9. The van der Waals surface area contributed by atoms with Crippen LogP contribution in [0.2, 0.25) is 0 Å². The number of nitrogens with zero attached hydrogens (tertiary/aromatic N) is 4. The highest BCUT2D eigenvalue weighted by Gasteiger charge is 2.41. The van der Waals surface area contributed by atoms with Crippen molar-refractivity contribution < 1.29 is 33.3 Å². The molecule has 5 aromatic rings. The van der Waals surface area contributed by atoms with Crippen molar-refractivity contribution in [2.45, 2.75) is 59.2 Å². The second-order valence-electron chi connectivity index (χ2n) is 16.4. The number of carbonyl (C=O) groups is 3. The van der Waals surface area contributed by atoms with Gasteiger partial charge in [0.05, 0.1) is 60.3 Å². The molecule has 0 radical (unpaired) electrons. The van der Waals surface area contributed by atoms with Crippen LogP contribution in [-0.2, 0) is 35.1 Å². The lowest BCUT2D eigenvalue weighted by molar-refractivity contribution is -0.144. The van der Waals surface area contributed by atoms with Crippen molar-refractivity contribution in [3.05, 3.63) is 95.6 Å². The third-order valence-corrected chi connectivity index (χ3v) is 11.5. The molecule has 2 N–H and O–H groups in total. The zero-order valence-electron chi connectivity index (χ0n) is 36.1. The van der Waals surface area contributed by atoms with Gasteiger partial charge in [0.1, 0.15) is 31.0 Å². The van der Waals surface area contributed by atoms with E-state index >= 15 is 0 Å². The number of hydrogen-bond donors (Lipinski definition) is 2. The number of ether oxygens (including phenoxy) is 4. The van der Waals surface area contributed by atoms with Crippen LogP contribution >= 0.6 is 11.3 Å². The van der Waals surface area contributed by atoms with E-state index in [2.05, 4.69) is 50.8 Å². The van der Waals surface area contributed by atoms with Crippen LogP contribution in [-0.4, -0.2) is 112 Å². The molecule has 13 nitrogen and oxygen atoms in total. The molecule has 6 rings (SSSR count). The zero-order chi connectivity index (χ0) is 43.4. The van der Waals surface area contributed by atoms with Gasteiger partial charge in [-0.3, -0.25) is 14.4 Å². The van der Waals surface area contributed by atoms with E-state index in [-0.39, 0.29) is 31.6 Å². The normalized spacial score (nSPS) is 14.5. The van der Waals surface area contributed by atoms with Crippen LogP contribution in [0.25, 0.3) is 32.6 Å². The van der Waals surface area contributed by atoms with Crippen LogP contribution in [0.4, 0.5) is 5.69 Å². The minimum atomic E-state index is -0.833. The Morgan fingerprint density at radius 2 is 1.56 bits per heavy atom. The van der Waals surface area contributed by atoms with Gasteiger partial charge in [-0.2, -0.15) is 0 Å². The molecule has 1 unspecified atom stereocenters. The van der Waals surface area contributed by atoms with Crippen LogP contribution in [0.3, 0.4) is 0 Å². The zero-order valence-corrected chi connectivity index (χ0v) is 36.9. The van der Waals surface area contributed by atoms with E-state index in [0.29, 0.717) is 52.4 Å². The molecule has 1 fully saturated rings. The largest absolute Gasteiger partial charge is 0.491 e. The summed E-state index contributed by atoms with van der Waals surface area (Å²) < 4.78 is 22.7. The minimum Gasteiger partial charge on any atom is -0.491 e. The van der Waals surface area contributed by atoms with Crippen molar-refractivity contribution in [3.63, 3.8) is 0 Å². The molecule has 14 heteroatoms.